The molecule has 0 saturated carbocycles. The van der Waals surface area contributed by atoms with Crippen LogP contribution in [-0.2, 0) is 33.4 Å². The number of rotatable bonds is 7. The molecule has 0 aliphatic heterocycles. The molecular weight excluding hydrogens is 356 g/mol. The lowest BCUT2D eigenvalue weighted by Crippen LogP contribution is -2.54. The van der Waals surface area contributed by atoms with E-state index in [1.807, 2.05) is 0 Å². The summed E-state index contributed by atoms with van der Waals surface area (Å²) >= 11 is 0. The van der Waals surface area contributed by atoms with Gasteiger partial charge >= 0.3 is 17.9 Å². The van der Waals surface area contributed by atoms with E-state index in [2.05, 4.69) is 0 Å². The molecule has 9 nitrogen and oxygen atoms in total. The zero-order chi connectivity index (χ0) is 21.6. The van der Waals surface area contributed by atoms with E-state index < -0.39 is 53.5 Å². The van der Waals surface area contributed by atoms with E-state index in [0.29, 0.717) is 0 Å². The zero-order valence-electron chi connectivity index (χ0n) is 17.5. The highest BCUT2D eigenvalue weighted by molar-refractivity contribution is 6.03. The van der Waals surface area contributed by atoms with Crippen molar-refractivity contribution in [1.29, 1.82) is 0 Å². The third-order valence-electron chi connectivity index (χ3n) is 3.01. The second kappa shape index (κ2) is 9.68. The van der Waals surface area contributed by atoms with E-state index in [-0.39, 0.29) is 6.61 Å². The van der Waals surface area contributed by atoms with Gasteiger partial charge < -0.3 is 24.8 Å². The standard InChI is InChI=1S/C18H32N2O7/c1-9-25-11(21)10-20(8)14(22)12(15(23)26-17(2,3)4)13(19)16(24)27-18(5,6)7/h12-13H,9-10,19H2,1-8H3/t12?,13-/m0/s1. The molecule has 1 amide bonds. The van der Waals surface area contributed by atoms with Crippen LogP contribution in [-0.4, -0.2) is 66.2 Å². The summed E-state index contributed by atoms with van der Waals surface area (Å²) in [5, 5.41) is 0. The summed E-state index contributed by atoms with van der Waals surface area (Å²) in [6, 6.07) is -1.59. The second-order valence-electron chi connectivity index (χ2n) is 8.07. The van der Waals surface area contributed by atoms with E-state index in [4.69, 9.17) is 19.9 Å². The van der Waals surface area contributed by atoms with Gasteiger partial charge in [0.15, 0.2) is 5.92 Å². The summed E-state index contributed by atoms with van der Waals surface area (Å²) in [4.78, 5) is 50.2. The van der Waals surface area contributed by atoms with Crippen LogP contribution in [0.1, 0.15) is 48.5 Å². The Kier molecular flexibility index (Phi) is 8.91. The molecule has 0 aromatic rings. The van der Waals surface area contributed by atoms with Crippen LogP contribution in [0.4, 0.5) is 0 Å². The van der Waals surface area contributed by atoms with E-state index in [9.17, 15) is 19.2 Å². The molecule has 0 radical (unpaired) electrons. The van der Waals surface area contributed by atoms with Crippen LogP contribution < -0.4 is 5.73 Å². The molecule has 0 aromatic heterocycles. The van der Waals surface area contributed by atoms with Crippen molar-refractivity contribution in [3.05, 3.63) is 0 Å². The van der Waals surface area contributed by atoms with Crippen molar-refractivity contribution in [2.24, 2.45) is 11.7 Å². The molecule has 2 atom stereocenters. The molecule has 156 valence electrons. The summed E-state index contributed by atoms with van der Waals surface area (Å²) in [6.45, 7) is 11.1. The van der Waals surface area contributed by atoms with E-state index in [1.165, 1.54) is 7.05 Å². The number of nitrogens with two attached hydrogens (primary N) is 1. The normalized spacial score (nSPS) is 14.0. The molecule has 9 heteroatoms. The van der Waals surface area contributed by atoms with Crippen LogP contribution in [0.25, 0.3) is 0 Å². The fraction of sp³-hybridized carbons (Fsp3) is 0.778. The Morgan fingerprint density at radius 3 is 1.78 bits per heavy atom. The lowest BCUT2D eigenvalue weighted by atomic mass is 9.98. The first-order valence-corrected chi connectivity index (χ1v) is 8.71. The van der Waals surface area contributed by atoms with Crippen molar-refractivity contribution in [2.75, 3.05) is 20.2 Å². The number of carbonyl (C=O) groups excluding carboxylic acids is 4. The number of likely N-dealkylation sites (N-methyl/N-ethyl adjacent to an activating group) is 1. The van der Waals surface area contributed by atoms with Gasteiger partial charge in [-0.1, -0.05) is 0 Å². The van der Waals surface area contributed by atoms with Crippen LogP contribution >= 0.6 is 0 Å². The molecule has 0 saturated heterocycles. The van der Waals surface area contributed by atoms with Crippen molar-refractivity contribution >= 4 is 23.8 Å². The third kappa shape index (κ3) is 9.37. The van der Waals surface area contributed by atoms with E-state index in [0.717, 1.165) is 4.90 Å². The monoisotopic (exact) mass is 388 g/mol. The topological polar surface area (TPSA) is 125 Å². The maximum atomic E-state index is 12.8. The highest BCUT2D eigenvalue weighted by Gasteiger charge is 2.43. The number of hydrogen-bond donors (Lipinski definition) is 1. The smallest absolute Gasteiger partial charge is 0.325 e. The summed E-state index contributed by atoms with van der Waals surface area (Å²) in [5.41, 5.74) is 4.12. The molecule has 0 aliphatic carbocycles. The number of amides is 1. The number of esters is 3. The minimum atomic E-state index is -1.65. The van der Waals surface area contributed by atoms with Gasteiger partial charge in [0, 0.05) is 7.05 Å². The van der Waals surface area contributed by atoms with Crippen LogP contribution in [0.5, 0.6) is 0 Å². The van der Waals surface area contributed by atoms with Crippen molar-refractivity contribution in [3.8, 4) is 0 Å². The molecule has 0 bridgehead atoms. The van der Waals surface area contributed by atoms with Crippen molar-refractivity contribution < 1.29 is 33.4 Å². The summed E-state index contributed by atoms with van der Waals surface area (Å²) in [7, 11) is 1.30. The van der Waals surface area contributed by atoms with Crippen LogP contribution in [0.3, 0.4) is 0 Å². The first-order chi connectivity index (χ1) is 12.1. The Morgan fingerprint density at radius 2 is 1.37 bits per heavy atom. The largest absolute Gasteiger partial charge is 0.465 e. The Morgan fingerprint density at radius 1 is 0.926 bits per heavy atom. The van der Waals surface area contributed by atoms with Gasteiger partial charge in [-0.15, -0.1) is 0 Å². The van der Waals surface area contributed by atoms with Gasteiger partial charge in [0.05, 0.1) is 6.61 Å². The van der Waals surface area contributed by atoms with Gasteiger partial charge in [0.2, 0.25) is 5.91 Å². The minimum absolute atomic E-state index is 0.147. The quantitative estimate of drug-likeness (QED) is 0.382. The summed E-state index contributed by atoms with van der Waals surface area (Å²) in [6.07, 6.45) is 0. The number of ether oxygens (including phenoxy) is 3. The average molecular weight is 388 g/mol. The molecular formula is C18H32N2O7. The Labute approximate surface area is 160 Å². The Hall–Kier alpha value is -2.16. The number of carbonyl (C=O) groups is 4. The van der Waals surface area contributed by atoms with Crippen LogP contribution in [0, 0.1) is 5.92 Å². The Balaban J connectivity index is 5.57. The molecule has 27 heavy (non-hydrogen) atoms. The van der Waals surface area contributed by atoms with Crippen molar-refractivity contribution in [1.82, 2.24) is 4.90 Å². The molecule has 0 aliphatic rings. The summed E-state index contributed by atoms with van der Waals surface area (Å²) in [5.74, 6) is -5.03. The molecule has 1 unspecified atom stereocenters. The molecule has 0 heterocycles. The molecule has 0 aromatic carbocycles. The molecule has 0 fully saturated rings. The van der Waals surface area contributed by atoms with E-state index >= 15 is 0 Å². The lowest BCUT2D eigenvalue weighted by Gasteiger charge is -2.30. The predicted molar refractivity (Wildman–Crippen MR) is 97.4 cm³/mol. The van der Waals surface area contributed by atoms with Gasteiger partial charge in [0.25, 0.3) is 0 Å². The van der Waals surface area contributed by atoms with Crippen LogP contribution in [0.2, 0.25) is 0 Å². The van der Waals surface area contributed by atoms with Gasteiger partial charge in [-0.2, -0.15) is 0 Å². The Bertz CT molecular complexity index is 561. The van der Waals surface area contributed by atoms with Gasteiger partial charge in [-0.05, 0) is 48.5 Å². The minimum Gasteiger partial charge on any atom is -0.465 e. The predicted octanol–water partition coefficient (Wildman–Crippen LogP) is 0.635. The third-order valence-corrected chi connectivity index (χ3v) is 3.01. The fourth-order valence-electron chi connectivity index (χ4n) is 1.99. The van der Waals surface area contributed by atoms with Gasteiger partial charge in [-0.3, -0.25) is 19.2 Å². The average Bonchev–Trinajstić information content (AvgIpc) is 2.43. The van der Waals surface area contributed by atoms with Gasteiger partial charge in [0.1, 0.15) is 23.8 Å². The zero-order valence-corrected chi connectivity index (χ0v) is 17.5. The highest BCUT2D eigenvalue weighted by Crippen LogP contribution is 2.18. The maximum Gasteiger partial charge on any atom is 0.325 e. The van der Waals surface area contributed by atoms with Gasteiger partial charge in [-0.25, -0.2) is 0 Å². The van der Waals surface area contributed by atoms with Crippen LogP contribution in [0.15, 0.2) is 0 Å². The highest BCUT2D eigenvalue weighted by atomic mass is 16.6. The van der Waals surface area contributed by atoms with E-state index in [1.54, 1.807) is 48.5 Å². The first-order valence-electron chi connectivity index (χ1n) is 8.71. The lowest BCUT2D eigenvalue weighted by molar-refractivity contribution is -0.173. The summed E-state index contributed by atoms with van der Waals surface area (Å²) < 4.78 is 15.2. The molecule has 2 N–H and O–H groups in total. The molecule has 0 spiro atoms. The fourth-order valence-corrected chi connectivity index (χ4v) is 1.99. The maximum absolute atomic E-state index is 12.8. The second-order valence-corrected chi connectivity index (χ2v) is 8.07. The van der Waals surface area contributed by atoms with Crippen molar-refractivity contribution in [3.63, 3.8) is 0 Å². The first kappa shape index (κ1) is 24.8. The number of hydrogen-bond acceptors (Lipinski definition) is 8. The van der Waals surface area contributed by atoms with Crippen molar-refractivity contribution in [2.45, 2.75) is 65.7 Å². The molecule has 0 rings (SSSR count). The SMILES string of the molecule is CCOC(=O)CN(C)C(=O)C(C(=O)OC(C)(C)C)[C@H](N)C(=O)OC(C)(C)C. The number of nitrogens with zero attached hydrogens (tertiary/aromatic N) is 1.